The summed E-state index contributed by atoms with van der Waals surface area (Å²) in [4.78, 5) is 13.9. The van der Waals surface area contributed by atoms with E-state index in [1.54, 1.807) is 31.1 Å². The van der Waals surface area contributed by atoms with Gasteiger partial charge in [0.1, 0.15) is 11.5 Å². The minimum atomic E-state index is -0.148. The third-order valence-corrected chi connectivity index (χ3v) is 3.50. The topological polar surface area (TPSA) is 49.8 Å². The molecular weight excluding hydrogens is 298 g/mol. The van der Waals surface area contributed by atoms with Crippen molar-refractivity contribution in [3.05, 3.63) is 59.7 Å². The van der Waals surface area contributed by atoms with Crippen molar-refractivity contribution < 1.29 is 14.6 Å². The molecule has 0 unspecified atom stereocenters. The number of carbonyl (C=O) groups is 1. The molecule has 0 saturated carbocycles. The summed E-state index contributed by atoms with van der Waals surface area (Å²) in [6, 6.07) is 14.0. The van der Waals surface area contributed by atoms with Crippen LogP contribution in [0, 0.1) is 0 Å². The van der Waals surface area contributed by atoms with Crippen molar-refractivity contribution in [2.45, 2.75) is 6.42 Å². The molecule has 2 aromatic carbocycles. The molecule has 0 spiro atoms. The Bertz CT molecular complexity index is 684. The Morgan fingerprint density at radius 2 is 1.86 bits per heavy atom. The Morgan fingerprint density at radius 1 is 1.18 bits per heavy atom. The average Bonchev–Trinajstić information content (AvgIpc) is 2.48. The molecule has 0 bridgehead atoms. The summed E-state index contributed by atoms with van der Waals surface area (Å²) in [5.41, 5.74) is 1.17. The lowest BCUT2D eigenvalue weighted by Gasteiger charge is -2.14. The number of thiocarbonyl (C=S) groups is 1. The van der Waals surface area contributed by atoms with E-state index in [1.165, 1.54) is 6.07 Å². The van der Waals surface area contributed by atoms with Crippen molar-refractivity contribution >= 4 is 23.2 Å². The second-order valence-electron chi connectivity index (χ2n) is 5.03. The SMILES string of the molecule is CN(C)C(=S)Oc1ccc(C(=O)Cc2ccccc2)c(O)c1. The number of hydrogen-bond donors (Lipinski definition) is 1. The Morgan fingerprint density at radius 3 is 2.45 bits per heavy atom. The summed E-state index contributed by atoms with van der Waals surface area (Å²) in [6.07, 6.45) is 0.241. The van der Waals surface area contributed by atoms with Crippen LogP contribution in [0.3, 0.4) is 0 Å². The van der Waals surface area contributed by atoms with Crippen molar-refractivity contribution in [2.75, 3.05) is 14.1 Å². The van der Waals surface area contributed by atoms with Gasteiger partial charge in [0.05, 0.1) is 5.56 Å². The van der Waals surface area contributed by atoms with Crippen LogP contribution in [0.4, 0.5) is 0 Å². The molecule has 0 saturated heterocycles. The van der Waals surface area contributed by atoms with Crippen LogP contribution in [0.5, 0.6) is 11.5 Å². The number of phenols is 1. The van der Waals surface area contributed by atoms with Gasteiger partial charge in [0.25, 0.3) is 5.17 Å². The maximum absolute atomic E-state index is 12.2. The van der Waals surface area contributed by atoms with E-state index in [4.69, 9.17) is 17.0 Å². The van der Waals surface area contributed by atoms with E-state index in [1.807, 2.05) is 30.3 Å². The smallest absolute Gasteiger partial charge is 0.264 e. The van der Waals surface area contributed by atoms with Crippen LogP contribution in [-0.4, -0.2) is 35.1 Å². The summed E-state index contributed by atoms with van der Waals surface area (Å²) in [5, 5.41) is 10.3. The van der Waals surface area contributed by atoms with E-state index in [9.17, 15) is 9.90 Å². The second kappa shape index (κ2) is 7.04. The molecule has 0 radical (unpaired) electrons. The first-order valence-electron chi connectivity index (χ1n) is 6.76. The number of Topliss-reactive ketones (excluding diaryl/α,β-unsaturated/α-hetero) is 1. The van der Waals surface area contributed by atoms with Crippen molar-refractivity contribution in [3.63, 3.8) is 0 Å². The molecule has 0 fully saturated rings. The molecule has 4 nitrogen and oxygen atoms in total. The van der Waals surface area contributed by atoms with Gasteiger partial charge >= 0.3 is 0 Å². The number of phenolic OH excluding ortho intramolecular Hbond substituents is 1. The van der Waals surface area contributed by atoms with Gasteiger partial charge in [-0.3, -0.25) is 4.79 Å². The van der Waals surface area contributed by atoms with Crippen LogP contribution in [-0.2, 0) is 6.42 Å². The number of nitrogens with zero attached hydrogens (tertiary/aromatic N) is 1. The number of ketones is 1. The Kier molecular flexibility index (Phi) is 5.12. The number of rotatable bonds is 4. The molecule has 0 aliphatic rings. The fourth-order valence-corrected chi connectivity index (χ4v) is 1.98. The van der Waals surface area contributed by atoms with Crippen LogP contribution in [0.1, 0.15) is 15.9 Å². The highest BCUT2D eigenvalue weighted by molar-refractivity contribution is 7.80. The van der Waals surface area contributed by atoms with E-state index in [2.05, 4.69) is 0 Å². The van der Waals surface area contributed by atoms with Crippen molar-refractivity contribution in [2.24, 2.45) is 0 Å². The summed E-state index contributed by atoms with van der Waals surface area (Å²) in [7, 11) is 3.53. The maximum atomic E-state index is 12.2. The maximum Gasteiger partial charge on any atom is 0.264 e. The molecule has 114 valence electrons. The number of hydrogen-bond acceptors (Lipinski definition) is 4. The quantitative estimate of drug-likeness (QED) is 0.694. The van der Waals surface area contributed by atoms with E-state index in [-0.39, 0.29) is 28.7 Å². The summed E-state index contributed by atoms with van der Waals surface area (Å²) >= 11 is 5.03. The fourth-order valence-electron chi connectivity index (χ4n) is 1.88. The lowest BCUT2D eigenvalue weighted by molar-refractivity contribution is 0.0990. The van der Waals surface area contributed by atoms with E-state index in [0.717, 1.165) is 5.56 Å². The van der Waals surface area contributed by atoms with Crippen LogP contribution in [0.25, 0.3) is 0 Å². The van der Waals surface area contributed by atoms with Gasteiger partial charge in [-0.05, 0) is 29.9 Å². The highest BCUT2D eigenvalue weighted by Gasteiger charge is 2.13. The first-order valence-corrected chi connectivity index (χ1v) is 7.17. The largest absolute Gasteiger partial charge is 0.507 e. The fraction of sp³-hybridized carbons (Fsp3) is 0.176. The van der Waals surface area contributed by atoms with Crippen LogP contribution in [0.2, 0.25) is 0 Å². The zero-order valence-electron chi connectivity index (χ0n) is 12.4. The Labute approximate surface area is 135 Å². The van der Waals surface area contributed by atoms with Gasteiger partial charge in [-0.2, -0.15) is 0 Å². The average molecular weight is 315 g/mol. The molecule has 2 rings (SSSR count). The standard InChI is InChI=1S/C17H17NO3S/c1-18(2)17(22)21-13-8-9-14(16(20)11-13)15(19)10-12-6-4-3-5-7-12/h3-9,11,20H,10H2,1-2H3. The molecule has 0 amide bonds. The number of carbonyl (C=O) groups excluding carboxylic acids is 1. The first kappa shape index (κ1) is 16.0. The van der Waals surface area contributed by atoms with E-state index < -0.39 is 0 Å². The predicted octanol–water partition coefficient (Wildman–Crippen LogP) is 3.04. The minimum absolute atomic E-state index is 0.111. The molecule has 0 aromatic heterocycles. The molecule has 5 heteroatoms. The van der Waals surface area contributed by atoms with Gasteiger partial charge in [0, 0.05) is 26.6 Å². The van der Waals surface area contributed by atoms with Gasteiger partial charge in [0.2, 0.25) is 0 Å². The lowest BCUT2D eigenvalue weighted by Crippen LogP contribution is -2.24. The Balaban J connectivity index is 2.12. The third kappa shape index (κ3) is 4.05. The number of aromatic hydroxyl groups is 1. The predicted molar refractivity (Wildman–Crippen MR) is 89.5 cm³/mol. The zero-order valence-corrected chi connectivity index (χ0v) is 13.3. The summed E-state index contributed by atoms with van der Waals surface area (Å²) in [6.45, 7) is 0. The lowest BCUT2D eigenvalue weighted by atomic mass is 10.0. The van der Waals surface area contributed by atoms with Crippen LogP contribution in [0.15, 0.2) is 48.5 Å². The second-order valence-corrected chi connectivity index (χ2v) is 5.38. The van der Waals surface area contributed by atoms with Crippen molar-refractivity contribution in [1.82, 2.24) is 4.90 Å². The molecule has 0 atom stereocenters. The number of benzene rings is 2. The molecule has 0 aliphatic heterocycles. The number of ether oxygens (including phenoxy) is 1. The zero-order chi connectivity index (χ0) is 16.1. The first-order chi connectivity index (χ1) is 10.5. The van der Waals surface area contributed by atoms with Crippen LogP contribution < -0.4 is 4.74 Å². The van der Waals surface area contributed by atoms with Gasteiger partial charge in [-0.1, -0.05) is 30.3 Å². The van der Waals surface area contributed by atoms with Gasteiger partial charge < -0.3 is 14.7 Å². The van der Waals surface area contributed by atoms with Gasteiger partial charge in [-0.15, -0.1) is 0 Å². The molecule has 0 heterocycles. The monoisotopic (exact) mass is 315 g/mol. The van der Waals surface area contributed by atoms with Crippen molar-refractivity contribution in [1.29, 1.82) is 0 Å². The minimum Gasteiger partial charge on any atom is -0.507 e. The van der Waals surface area contributed by atoms with Gasteiger partial charge in [-0.25, -0.2) is 0 Å². The molecule has 22 heavy (non-hydrogen) atoms. The highest BCUT2D eigenvalue weighted by atomic mass is 32.1. The third-order valence-electron chi connectivity index (χ3n) is 3.05. The van der Waals surface area contributed by atoms with Gasteiger partial charge in [0.15, 0.2) is 5.78 Å². The molecule has 1 N–H and O–H groups in total. The molecule has 2 aromatic rings. The van der Waals surface area contributed by atoms with Crippen LogP contribution >= 0.6 is 12.2 Å². The molecule has 0 aliphatic carbocycles. The molecular formula is C17H17NO3S. The van der Waals surface area contributed by atoms with Crippen molar-refractivity contribution in [3.8, 4) is 11.5 Å². The summed E-state index contributed by atoms with van der Waals surface area (Å²) in [5.74, 6) is 0.137. The Hall–Kier alpha value is -2.40. The highest BCUT2D eigenvalue weighted by Crippen LogP contribution is 2.25. The van der Waals surface area contributed by atoms with E-state index >= 15 is 0 Å². The normalized spacial score (nSPS) is 10.1. The van der Waals surface area contributed by atoms with E-state index in [0.29, 0.717) is 5.75 Å². The summed E-state index contributed by atoms with van der Waals surface area (Å²) < 4.78 is 5.40.